The lowest BCUT2D eigenvalue weighted by Gasteiger charge is -2.00. The summed E-state index contributed by atoms with van der Waals surface area (Å²) in [6.07, 6.45) is 2.98. The van der Waals surface area contributed by atoms with Gasteiger partial charge in [0.15, 0.2) is 0 Å². The van der Waals surface area contributed by atoms with Gasteiger partial charge < -0.3 is 0 Å². The van der Waals surface area contributed by atoms with Crippen LogP contribution in [0.3, 0.4) is 0 Å². The van der Waals surface area contributed by atoms with Crippen molar-refractivity contribution >= 4 is 29.8 Å². The predicted molar refractivity (Wildman–Crippen MR) is 82.6 cm³/mol. The highest BCUT2D eigenvalue weighted by molar-refractivity contribution is 6.41. The first-order valence-corrected chi connectivity index (χ1v) is 6.55. The molecule has 0 radical (unpaired) electrons. The summed E-state index contributed by atoms with van der Waals surface area (Å²) in [4.78, 5) is 11.7. The molecule has 0 aliphatic rings. The number of benzene rings is 2. The van der Waals surface area contributed by atoms with Crippen LogP contribution in [0.4, 0.5) is 4.39 Å². The molecule has 2 aromatic rings. The van der Waals surface area contributed by atoms with E-state index in [1.54, 1.807) is 12.1 Å². The Morgan fingerprint density at radius 2 is 1.76 bits per heavy atom. The molecule has 21 heavy (non-hydrogen) atoms. The molecule has 0 aliphatic heterocycles. The maximum atomic E-state index is 13.4. The van der Waals surface area contributed by atoms with Gasteiger partial charge in [0.1, 0.15) is 5.82 Å². The molecule has 3 nitrogen and oxygen atoms in total. The molecule has 106 valence electrons. The van der Waals surface area contributed by atoms with E-state index in [-0.39, 0.29) is 5.56 Å². The molecule has 0 heterocycles. The van der Waals surface area contributed by atoms with Crippen LogP contribution < -0.4 is 5.43 Å². The molecule has 0 fully saturated rings. The van der Waals surface area contributed by atoms with Crippen molar-refractivity contribution in [1.82, 2.24) is 5.43 Å². The van der Waals surface area contributed by atoms with Crippen molar-refractivity contribution in [2.45, 2.75) is 0 Å². The van der Waals surface area contributed by atoms with Crippen LogP contribution in [0.2, 0.25) is 0 Å². The van der Waals surface area contributed by atoms with Crippen LogP contribution in [-0.2, 0) is 0 Å². The molecular weight excluding hydrogens is 291 g/mol. The predicted octanol–water partition coefficient (Wildman–Crippen LogP) is 3.82. The second-order valence-corrected chi connectivity index (χ2v) is 4.56. The number of nitrogens with zero attached hydrogens (tertiary/aromatic N) is 1. The number of amides is 1. The number of hydrazone groups is 1. The smallest absolute Gasteiger partial charge is 0.267 e. The zero-order chi connectivity index (χ0) is 15.1. The zero-order valence-corrected chi connectivity index (χ0v) is 11.7. The van der Waals surface area contributed by atoms with Crippen LogP contribution in [0.15, 0.2) is 64.7 Å². The SMILES string of the molecule is O=C(N/N=C/C(Cl)=C/c1ccccc1)c1ccccc1F. The third-order valence-corrected chi connectivity index (χ3v) is 2.78. The number of carbonyl (C=O) groups excluding carboxylic acids is 1. The Balaban J connectivity index is 1.98. The Labute approximate surface area is 126 Å². The van der Waals surface area contributed by atoms with Gasteiger partial charge in [-0.05, 0) is 23.8 Å². The van der Waals surface area contributed by atoms with Crippen LogP contribution in [0.1, 0.15) is 15.9 Å². The van der Waals surface area contributed by atoms with Crippen molar-refractivity contribution in [1.29, 1.82) is 0 Å². The second-order valence-electron chi connectivity index (χ2n) is 4.12. The number of hydrogen-bond donors (Lipinski definition) is 1. The van der Waals surface area contributed by atoms with Crippen LogP contribution in [-0.4, -0.2) is 12.1 Å². The zero-order valence-electron chi connectivity index (χ0n) is 11.0. The number of carbonyl (C=O) groups is 1. The molecule has 0 aliphatic carbocycles. The summed E-state index contributed by atoms with van der Waals surface area (Å²) in [6.45, 7) is 0. The van der Waals surface area contributed by atoms with Crippen molar-refractivity contribution < 1.29 is 9.18 Å². The van der Waals surface area contributed by atoms with Crippen LogP contribution in [0, 0.1) is 5.82 Å². The van der Waals surface area contributed by atoms with E-state index in [9.17, 15) is 9.18 Å². The van der Waals surface area contributed by atoms with Gasteiger partial charge in [-0.25, -0.2) is 9.82 Å². The fourth-order valence-electron chi connectivity index (χ4n) is 1.60. The van der Waals surface area contributed by atoms with Gasteiger partial charge in [-0.3, -0.25) is 4.79 Å². The van der Waals surface area contributed by atoms with Crippen LogP contribution >= 0.6 is 11.6 Å². The lowest BCUT2D eigenvalue weighted by molar-refractivity contribution is 0.0951. The number of rotatable bonds is 4. The highest BCUT2D eigenvalue weighted by Crippen LogP contribution is 2.08. The summed E-state index contributed by atoms with van der Waals surface area (Å²) in [7, 11) is 0. The van der Waals surface area contributed by atoms with Gasteiger partial charge in [0.2, 0.25) is 0 Å². The van der Waals surface area contributed by atoms with Crippen molar-refractivity contribution in [2.75, 3.05) is 0 Å². The summed E-state index contributed by atoms with van der Waals surface area (Å²) in [5.41, 5.74) is 3.06. The van der Waals surface area contributed by atoms with Crippen molar-refractivity contribution in [3.8, 4) is 0 Å². The summed E-state index contributed by atoms with van der Waals surface area (Å²) in [5.74, 6) is -1.23. The third-order valence-electron chi connectivity index (χ3n) is 2.58. The van der Waals surface area contributed by atoms with E-state index in [2.05, 4.69) is 10.5 Å². The van der Waals surface area contributed by atoms with E-state index in [1.165, 1.54) is 24.4 Å². The molecule has 2 aromatic carbocycles. The monoisotopic (exact) mass is 302 g/mol. The Kier molecular flexibility index (Phi) is 5.23. The molecule has 0 spiro atoms. The Morgan fingerprint density at radius 3 is 2.48 bits per heavy atom. The number of nitrogens with one attached hydrogen (secondary N) is 1. The third kappa shape index (κ3) is 4.54. The maximum Gasteiger partial charge on any atom is 0.274 e. The molecule has 1 amide bonds. The van der Waals surface area contributed by atoms with E-state index in [4.69, 9.17) is 11.6 Å². The quantitative estimate of drug-likeness (QED) is 0.677. The topological polar surface area (TPSA) is 41.5 Å². The van der Waals surface area contributed by atoms with Gasteiger partial charge >= 0.3 is 0 Å². The first-order valence-electron chi connectivity index (χ1n) is 6.17. The molecule has 0 atom stereocenters. The van der Waals surface area contributed by atoms with E-state index in [0.29, 0.717) is 5.03 Å². The molecule has 0 aromatic heterocycles. The van der Waals surface area contributed by atoms with Crippen molar-refractivity contribution in [3.05, 3.63) is 76.6 Å². The summed E-state index contributed by atoms with van der Waals surface area (Å²) < 4.78 is 13.4. The second kappa shape index (κ2) is 7.36. The average Bonchev–Trinajstić information content (AvgIpc) is 2.48. The van der Waals surface area contributed by atoms with E-state index in [1.807, 2.05) is 30.3 Å². The maximum absolute atomic E-state index is 13.4. The largest absolute Gasteiger partial charge is 0.274 e. The van der Waals surface area contributed by atoms with Gasteiger partial charge in [-0.2, -0.15) is 5.10 Å². The van der Waals surface area contributed by atoms with E-state index in [0.717, 1.165) is 5.56 Å². The van der Waals surface area contributed by atoms with E-state index < -0.39 is 11.7 Å². The molecule has 0 bridgehead atoms. The normalized spacial score (nSPS) is 11.6. The minimum Gasteiger partial charge on any atom is -0.267 e. The van der Waals surface area contributed by atoms with Gasteiger partial charge in [0, 0.05) is 0 Å². The first-order chi connectivity index (χ1) is 10.2. The lowest BCUT2D eigenvalue weighted by Crippen LogP contribution is -2.18. The Hall–Kier alpha value is -2.46. The molecular formula is C16H12ClFN2O. The van der Waals surface area contributed by atoms with Crippen LogP contribution in [0.25, 0.3) is 6.08 Å². The van der Waals surface area contributed by atoms with Crippen LogP contribution in [0.5, 0.6) is 0 Å². The Morgan fingerprint density at radius 1 is 1.10 bits per heavy atom. The molecule has 0 saturated carbocycles. The van der Waals surface area contributed by atoms with Gasteiger partial charge in [0.05, 0.1) is 16.8 Å². The lowest BCUT2D eigenvalue weighted by atomic mass is 10.2. The summed E-state index contributed by atoms with van der Waals surface area (Å²) >= 11 is 5.96. The minimum absolute atomic E-state index is 0.0715. The van der Waals surface area contributed by atoms with Crippen molar-refractivity contribution in [2.24, 2.45) is 5.10 Å². The summed E-state index contributed by atoms with van der Waals surface area (Å²) in [5, 5.41) is 4.04. The summed E-state index contributed by atoms with van der Waals surface area (Å²) in [6, 6.07) is 15.1. The molecule has 1 N–H and O–H groups in total. The fourth-order valence-corrected chi connectivity index (χ4v) is 1.78. The molecule has 0 unspecified atom stereocenters. The standard InChI is InChI=1S/C16H12ClFN2O/c17-13(10-12-6-2-1-3-7-12)11-19-20-16(21)14-8-4-5-9-15(14)18/h1-11H,(H,20,21)/b13-10-,19-11+. The Bertz CT molecular complexity index is 684. The fraction of sp³-hybridized carbons (Fsp3) is 0. The number of hydrogen-bond acceptors (Lipinski definition) is 2. The number of allylic oxidation sites excluding steroid dienone is 1. The highest BCUT2D eigenvalue weighted by atomic mass is 35.5. The van der Waals surface area contributed by atoms with Gasteiger partial charge in [-0.1, -0.05) is 54.1 Å². The molecule has 0 saturated heterocycles. The van der Waals surface area contributed by atoms with E-state index >= 15 is 0 Å². The average molecular weight is 303 g/mol. The minimum atomic E-state index is -0.631. The van der Waals surface area contributed by atoms with Gasteiger partial charge in [-0.15, -0.1) is 0 Å². The highest BCUT2D eigenvalue weighted by Gasteiger charge is 2.08. The molecule has 2 rings (SSSR count). The van der Waals surface area contributed by atoms with Crippen molar-refractivity contribution in [3.63, 3.8) is 0 Å². The first kappa shape index (κ1) is 14.9. The number of halogens is 2. The molecule has 5 heteroatoms. The van der Waals surface area contributed by atoms with Gasteiger partial charge in [0.25, 0.3) is 5.91 Å².